The molecular formula is C22H23FN2O3S. The SMILES string of the molecule is CCOC(=O)CSC1=C(C#N)[C@@H](c2ccc(F)cc2)C2=C(CC(C)(C)CC2=O)N1. The quantitative estimate of drug-likeness (QED) is 0.728. The summed E-state index contributed by atoms with van der Waals surface area (Å²) in [6.07, 6.45) is 1.03. The number of esters is 1. The molecule has 1 atom stereocenters. The lowest BCUT2D eigenvalue weighted by Crippen LogP contribution is -2.37. The lowest BCUT2D eigenvalue weighted by molar-refractivity contribution is -0.139. The molecule has 0 saturated carbocycles. The van der Waals surface area contributed by atoms with E-state index in [0.29, 0.717) is 34.6 Å². The minimum Gasteiger partial charge on any atom is -0.465 e. The zero-order chi connectivity index (χ0) is 21.2. The molecular weight excluding hydrogens is 391 g/mol. The van der Waals surface area contributed by atoms with Crippen LogP contribution in [0.15, 0.2) is 46.1 Å². The van der Waals surface area contributed by atoms with Crippen LogP contribution in [-0.4, -0.2) is 24.1 Å². The van der Waals surface area contributed by atoms with Crippen LogP contribution in [0.2, 0.25) is 0 Å². The van der Waals surface area contributed by atoms with Crippen molar-refractivity contribution >= 4 is 23.5 Å². The smallest absolute Gasteiger partial charge is 0.316 e. The van der Waals surface area contributed by atoms with E-state index in [-0.39, 0.29) is 35.3 Å². The van der Waals surface area contributed by atoms with E-state index in [9.17, 15) is 19.2 Å². The molecule has 0 aromatic heterocycles. The Balaban J connectivity index is 2.06. The van der Waals surface area contributed by atoms with Crippen LogP contribution in [0.5, 0.6) is 0 Å². The third-order valence-corrected chi connectivity index (χ3v) is 5.96. The molecule has 1 aliphatic carbocycles. The van der Waals surface area contributed by atoms with E-state index in [2.05, 4.69) is 11.4 Å². The highest BCUT2D eigenvalue weighted by Gasteiger charge is 2.41. The molecule has 0 saturated heterocycles. The Morgan fingerprint density at radius 2 is 2.03 bits per heavy atom. The van der Waals surface area contributed by atoms with Crippen molar-refractivity contribution in [2.75, 3.05) is 12.4 Å². The molecule has 0 bridgehead atoms. The summed E-state index contributed by atoms with van der Waals surface area (Å²) < 4.78 is 18.5. The Kier molecular flexibility index (Phi) is 6.13. The molecule has 0 amide bonds. The summed E-state index contributed by atoms with van der Waals surface area (Å²) in [6, 6.07) is 8.08. The van der Waals surface area contributed by atoms with Gasteiger partial charge in [0.25, 0.3) is 0 Å². The first-order chi connectivity index (χ1) is 13.8. The molecule has 1 aromatic carbocycles. The Labute approximate surface area is 174 Å². The summed E-state index contributed by atoms with van der Waals surface area (Å²) in [5.74, 6) is -1.29. The number of benzene rings is 1. The average molecular weight is 415 g/mol. The maximum absolute atomic E-state index is 13.5. The topological polar surface area (TPSA) is 79.2 Å². The molecule has 1 heterocycles. The molecule has 1 aliphatic heterocycles. The number of allylic oxidation sites excluding steroid dienone is 3. The van der Waals surface area contributed by atoms with Gasteiger partial charge in [0.15, 0.2) is 5.78 Å². The summed E-state index contributed by atoms with van der Waals surface area (Å²) >= 11 is 1.19. The largest absolute Gasteiger partial charge is 0.465 e. The number of halogens is 1. The fourth-order valence-corrected chi connectivity index (χ4v) is 4.67. The van der Waals surface area contributed by atoms with Crippen molar-refractivity contribution in [1.29, 1.82) is 5.26 Å². The van der Waals surface area contributed by atoms with Crippen LogP contribution in [0.1, 0.15) is 45.1 Å². The lowest BCUT2D eigenvalue weighted by atomic mass is 9.69. The second kappa shape index (κ2) is 8.42. The average Bonchev–Trinajstić information content (AvgIpc) is 2.65. The van der Waals surface area contributed by atoms with Gasteiger partial charge >= 0.3 is 5.97 Å². The summed E-state index contributed by atoms with van der Waals surface area (Å²) in [7, 11) is 0. The standard InChI is InChI=1S/C22H23FN2O3S/c1-4-28-18(27)12-29-21-15(11-24)19(13-5-7-14(23)8-6-13)20-16(25-21)9-22(2,3)10-17(20)26/h5-8,19,25H,4,9-10,12H2,1-3H3/t19-/m1/s1. The van der Waals surface area contributed by atoms with Gasteiger partial charge in [-0.05, 0) is 36.5 Å². The van der Waals surface area contributed by atoms with Crippen molar-refractivity contribution in [2.24, 2.45) is 5.41 Å². The Morgan fingerprint density at radius 1 is 1.34 bits per heavy atom. The molecule has 0 unspecified atom stereocenters. The minimum atomic E-state index is -0.579. The van der Waals surface area contributed by atoms with Crippen LogP contribution in [-0.2, 0) is 14.3 Å². The third kappa shape index (κ3) is 4.54. The van der Waals surface area contributed by atoms with Gasteiger partial charge in [0, 0.05) is 17.7 Å². The highest BCUT2D eigenvalue weighted by molar-refractivity contribution is 8.03. The van der Waals surface area contributed by atoms with E-state index < -0.39 is 5.92 Å². The number of nitrogens with one attached hydrogen (secondary N) is 1. The number of nitrogens with zero attached hydrogens (tertiary/aromatic N) is 1. The number of dihydropyridines is 1. The molecule has 7 heteroatoms. The van der Waals surface area contributed by atoms with Crippen LogP contribution in [0, 0.1) is 22.6 Å². The molecule has 2 aliphatic rings. The first-order valence-corrected chi connectivity index (χ1v) is 10.5. The second-order valence-corrected chi connectivity index (χ2v) is 8.88. The number of nitriles is 1. The van der Waals surface area contributed by atoms with E-state index in [1.807, 2.05) is 13.8 Å². The van der Waals surface area contributed by atoms with Crippen molar-refractivity contribution in [3.63, 3.8) is 0 Å². The highest BCUT2D eigenvalue weighted by Crippen LogP contribution is 2.47. The van der Waals surface area contributed by atoms with Crippen molar-refractivity contribution in [3.05, 3.63) is 57.5 Å². The fraction of sp³-hybridized carbons (Fsp3) is 0.409. The zero-order valence-electron chi connectivity index (χ0n) is 16.7. The maximum atomic E-state index is 13.5. The molecule has 1 N–H and O–H groups in total. The molecule has 1 aromatic rings. The summed E-state index contributed by atoms with van der Waals surface area (Å²) in [5, 5.41) is 13.7. The third-order valence-electron chi connectivity index (χ3n) is 4.97. The van der Waals surface area contributed by atoms with E-state index >= 15 is 0 Å². The first-order valence-electron chi connectivity index (χ1n) is 9.47. The predicted octanol–water partition coefficient (Wildman–Crippen LogP) is 4.19. The van der Waals surface area contributed by atoms with E-state index in [4.69, 9.17) is 4.74 Å². The van der Waals surface area contributed by atoms with Crippen molar-refractivity contribution < 1.29 is 18.7 Å². The molecule has 3 rings (SSSR count). The predicted molar refractivity (Wildman–Crippen MR) is 109 cm³/mol. The van der Waals surface area contributed by atoms with E-state index in [1.54, 1.807) is 19.1 Å². The number of carbonyl (C=O) groups is 2. The number of Topliss-reactive ketones (excluding diaryl/α,β-unsaturated/α-hetero) is 1. The fourth-order valence-electron chi connectivity index (χ4n) is 3.81. The monoisotopic (exact) mass is 414 g/mol. The van der Waals surface area contributed by atoms with Crippen LogP contribution < -0.4 is 5.32 Å². The van der Waals surface area contributed by atoms with Gasteiger partial charge in [-0.1, -0.05) is 37.7 Å². The van der Waals surface area contributed by atoms with Gasteiger partial charge in [0.2, 0.25) is 0 Å². The van der Waals surface area contributed by atoms with Crippen molar-refractivity contribution in [1.82, 2.24) is 5.32 Å². The summed E-state index contributed by atoms with van der Waals surface area (Å²) in [4.78, 5) is 24.9. The van der Waals surface area contributed by atoms with Gasteiger partial charge in [-0.15, -0.1) is 0 Å². The number of hydrogen-bond donors (Lipinski definition) is 1. The molecule has 5 nitrogen and oxygen atoms in total. The molecule has 0 spiro atoms. The zero-order valence-corrected chi connectivity index (χ0v) is 17.5. The maximum Gasteiger partial charge on any atom is 0.316 e. The van der Waals surface area contributed by atoms with Crippen LogP contribution in [0.25, 0.3) is 0 Å². The Hall–Kier alpha value is -2.59. The number of ether oxygens (including phenoxy) is 1. The van der Waals surface area contributed by atoms with Gasteiger partial charge < -0.3 is 10.1 Å². The number of carbonyl (C=O) groups excluding carboxylic acids is 2. The number of ketones is 1. The van der Waals surface area contributed by atoms with Gasteiger partial charge in [-0.2, -0.15) is 5.26 Å². The molecule has 0 radical (unpaired) electrons. The van der Waals surface area contributed by atoms with Crippen LogP contribution in [0.3, 0.4) is 0 Å². The molecule has 0 fully saturated rings. The first kappa shape index (κ1) is 21.1. The number of rotatable bonds is 5. The van der Waals surface area contributed by atoms with Crippen molar-refractivity contribution in [2.45, 2.75) is 39.5 Å². The second-order valence-electron chi connectivity index (χ2n) is 7.89. The number of hydrogen-bond acceptors (Lipinski definition) is 6. The summed E-state index contributed by atoms with van der Waals surface area (Å²) in [6.45, 7) is 6.07. The van der Waals surface area contributed by atoms with Gasteiger partial charge in [-0.3, -0.25) is 9.59 Å². The molecule has 29 heavy (non-hydrogen) atoms. The van der Waals surface area contributed by atoms with E-state index in [1.165, 1.54) is 23.9 Å². The van der Waals surface area contributed by atoms with Gasteiger partial charge in [-0.25, -0.2) is 4.39 Å². The van der Waals surface area contributed by atoms with Gasteiger partial charge in [0.05, 0.1) is 34.9 Å². The lowest BCUT2D eigenvalue weighted by Gasteiger charge is -2.39. The minimum absolute atomic E-state index is 0.0136. The Morgan fingerprint density at radius 3 is 2.66 bits per heavy atom. The van der Waals surface area contributed by atoms with Crippen LogP contribution in [0.4, 0.5) is 4.39 Å². The molecule has 152 valence electrons. The van der Waals surface area contributed by atoms with Crippen molar-refractivity contribution in [3.8, 4) is 6.07 Å². The normalized spacial score (nSPS) is 20.7. The van der Waals surface area contributed by atoms with Gasteiger partial charge in [0.1, 0.15) is 5.82 Å². The van der Waals surface area contributed by atoms with Crippen LogP contribution >= 0.6 is 11.8 Å². The summed E-state index contributed by atoms with van der Waals surface area (Å²) in [5.41, 5.74) is 2.16. The number of thioether (sulfide) groups is 1. The highest BCUT2D eigenvalue weighted by atomic mass is 32.2. The Bertz CT molecular complexity index is 942. The van der Waals surface area contributed by atoms with E-state index in [0.717, 1.165) is 5.70 Å².